The first kappa shape index (κ1) is 7.79. The van der Waals surface area contributed by atoms with E-state index in [0.29, 0.717) is 0 Å². The van der Waals surface area contributed by atoms with Gasteiger partial charge in [0, 0.05) is 23.2 Å². The number of hydrogen-bond acceptors (Lipinski definition) is 2. The van der Waals surface area contributed by atoms with Crippen molar-refractivity contribution in [2.24, 2.45) is 0 Å². The zero-order valence-electron chi connectivity index (χ0n) is 6.74. The van der Waals surface area contributed by atoms with Crippen LogP contribution in [-0.4, -0.2) is 4.98 Å². The summed E-state index contributed by atoms with van der Waals surface area (Å²) in [4.78, 5) is 3.93. The van der Waals surface area contributed by atoms with Crippen LogP contribution in [0.1, 0.15) is 13.8 Å². The molecule has 2 rings (SSSR count). The highest BCUT2D eigenvalue weighted by molar-refractivity contribution is 5.79. The van der Waals surface area contributed by atoms with Crippen molar-refractivity contribution in [2.45, 2.75) is 13.8 Å². The van der Waals surface area contributed by atoms with Crippen molar-refractivity contribution < 1.29 is 4.42 Å². The average molecular weight is 149 g/mol. The molecule has 0 aromatic carbocycles. The lowest BCUT2D eigenvalue weighted by atomic mass is 10.3. The number of furan rings is 1. The highest BCUT2D eigenvalue weighted by atomic mass is 16.3. The number of hydrogen-bond donors (Lipinski definition) is 0. The molecule has 0 aliphatic rings. The van der Waals surface area contributed by atoms with E-state index in [2.05, 4.69) is 4.98 Å². The minimum Gasteiger partial charge on any atom is -0.471 e. The molecule has 2 aromatic rings. The predicted octanol–water partition coefficient (Wildman–Crippen LogP) is 2.85. The van der Waals surface area contributed by atoms with Crippen molar-refractivity contribution in [3.63, 3.8) is 0 Å². The molecule has 0 amide bonds. The Balaban J connectivity index is 0.000000281. The van der Waals surface area contributed by atoms with Gasteiger partial charge < -0.3 is 4.42 Å². The molecule has 0 bridgehead atoms. The third-order valence-electron chi connectivity index (χ3n) is 1.28. The molecule has 0 saturated heterocycles. The Morgan fingerprint density at radius 3 is 2.64 bits per heavy atom. The van der Waals surface area contributed by atoms with E-state index >= 15 is 0 Å². The van der Waals surface area contributed by atoms with E-state index in [1.165, 1.54) is 0 Å². The summed E-state index contributed by atoms with van der Waals surface area (Å²) < 4.78 is 4.92. The topological polar surface area (TPSA) is 26.0 Å². The molecule has 0 aliphatic carbocycles. The van der Waals surface area contributed by atoms with E-state index < -0.39 is 0 Å². The normalized spacial score (nSPS) is 8.91. The summed E-state index contributed by atoms with van der Waals surface area (Å²) in [5, 5.41) is 2.16. The quantitative estimate of drug-likeness (QED) is 0.575. The zero-order chi connectivity index (χ0) is 8.10. The Kier molecular flexibility index (Phi) is 2.66. The lowest BCUT2D eigenvalue weighted by molar-refractivity contribution is 0.572. The Morgan fingerprint density at radius 1 is 1.18 bits per heavy atom. The third kappa shape index (κ3) is 1.58. The van der Waals surface area contributed by atoms with Gasteiger partial charge in [-0.25, -0.2) is 0 Å². The molecule has 0 unspecified atom stereocenters. The maximum atomic E-state index is 4.92. The number of aromatic nitrogens is 1. The van der Waals surface area contributed by atoms with Crippen molar-refractivity contribution in [3.8, 4) is 0 Å². The van der Waals surface area contributed by atoms with Gasteiger partial charge >= 0.3 is 0 Å². The van der Waals surface area contributed by atoms with E-state index in [-0.39, 0.29) is 0 Å². The van der Waals surface area contributed by atoms with Crippen LogP contribution in [0.2, 0.25) is 0 Å². The van der Waals surface area contributed by atoms with Gasteiger partial charge in [-0.3, -0.25) is 4.98 Å². The first-order valence-electron chi connectivity index (χ1n) is 3.73. The van der Waals surface area contributed by atoms with Crippen LogP contribution in [0.3, 0.4) is 0 Å². The molecule has 2 heteroatoms. The molecule has 0 radical (unpaired) electrons. The Labute approximate surface area is 65.9 Å². The maximum Gasteiger partial charge on any atom is 0.0996 e. The van der Waals surface area contributed by atoms with Gasteiger partial charge in [0.05, 0.1) is 12.5 Å². The van der Waals surface area contributed by atoms with E-state index in [1.54, 1.807) is 24.9 Å². The smallest absolute Gasteiger partial charge is 0.0996 e. The summed E-state index contributed by atoms with van der Waals surface area (Å²) in [6.45, 7) is 4.00. The Morgan fingerprint density at radius 2 is 1.91 bits per heavy atom. The number of pyridine rings is 1. The molecule has 11 heavy (non-hydrogen) atoms. The average Bonchev–Trinajstić information content (AvgIpc) is 2.55. The lowest BCUT2D eigenvalue weighted by Gasteiger charge is -1.79. The van der Waals surface area contributed by atoms with Crippen LogP contribution >= 0.6 is 0 Å². The van der Waals surface area contributed by atoms with Gasteiger partial charge in [-0.2, -0.15) is 0 Å². The highest BCUT2D eigenvalue weighted by Crippen LogP contribution is 2.11. The molecular formula is C9H11NO. The fourth-order valence-electron chi connectivity index (χ4n) is 0.804. The van der Waals surface area contributed by atoms with Crippen LogP contribution in [0, 0.1) is 0 Å². The van der Waals surface area contributed by atoms with Crippen LogP contribution in [0.4, 0.5) is 0 Å². The molecule has 0 spiro atoms. The standard InChI is InChI=1S/C7H5NO.C2H6/c1-2-8-3-7-5-9-4-6(1)7;1-2/h1-5H;1-2H3. The van der Waals surface area contributed by atoms with Gasteiger partial charge in [-0.05, 0) is 6.07 Å². The van der Waals surface area contributed by atoms with Crippen LogP contribution in [-0.2, 0) is 0 Å². The summed E-state index contributed by atoms with van der Waals surface area (Å²) in [6.07, 6.45) is 6.91. The van der Waals surface area contributed by atoms with Gasteiger partial charge in [-0.1, -0.05) is 13.8 Å². The summed E-state index contributed by atoms with van der Waals surface area (Å²) in [5.41, 5.74) is 0. The first-order valence-corrected chi connectivity index (χ1v) is 3.73. The molecular weight excluding hydrogens is 138 g/mol. The van der Waals surface area contributed by atoms with Gasteiger partial charge in [0.25, 0.3) is 0 Å². The van der Waals surface area contributed by atoms with Gasteiger partial charge in [-0.15, -0.1) is 0 Å². The molecule has 0 N–H and O–H groups in total. The first-order chi connectivity index (χ1) is 5.47. The van der Waals surface area contributed by atoms with Gasteiger partial charge in [0.1, 0.15) is 0 Å². The van der Waals surface area contributed by atoms with Crippen LogP contribution in [0.5, 0.6) is 0 Å². The molecule has 2 aromatic heterocycles. The summed E-state index contributed by atoms with van der Waals surface area (Å²) in [7, 11) is 0. The van der Waals surface area contributed by atoms with Crippen LogP contribution in [0.25, 0.3) is 10.8 Å². The molecule has 0 aliphatic heterocycles. The van der Waals surface area contributed by atoms with Crippen LogP contribution < -0.4 is 0 Å². The SMILES string of the molecule is CC.c1cc2cocc2cn1. The number of rotatable bonds is 0. The second kappa shape index (κ2) is 3.76. The molecule has 0 saturated carbocycles. The fraction of sp³-hybridized carbons (Fsp3) is 0.222. The summed E-state index contributed by atoms with van der Waals surface area (Å²) in [5.74, 6) is 0. The van der Waals surface area contributed by atoms with Crippen molar-refractivity contribution in [2.75, 3.05) is 0 Å². The van der Waals surface area contributed by atoms with Crippen molar-refractivity contribution in [1.82, 2.24) is 4.98 Å². The summed E-state index contributed by atoms with van der Waals surface area (Å²) >= 11 is 0. The largest absolute Gasteiger partial charge is 0.471 e. The number of nitrogens with zero attached hydrogens (tertiary/aromatic N) is 1. The maximum absolute atomic E-state index is 4.92. The van der Waals surface area contributed by atoms with E-state index in [1.807, 2.05) is 19.9 Å². The predicted molar refractivity (Wildman–Crippen MR) is 45.4 cm³/mol. The Bertz CT molecular complexity index is 284. The van der Waals surface area contributed by atoms with E-state index in [4.69, 9.17) is 4.42 Å². The summed E-state index contributed by atoms with van der Waals surface area (Å²) in [6, 6.07) is 1.92. The minimum absolute atomic E-state index is 1.05. The monoisotopic (exact) mass is 149 g/mol. The second-order valence-corrected chi connectivity index (χ2v) is 1.88. The Hall–Kier alpha value is -1.31. The van der Waals surface area contributed by atoms with Crippen molar-refractivity contribution >= 4 is 10.8 Å². The highest BCUT2D eigenvalue weighted by Gasteiger charge is 1.90. The van der Waals surface area contributed by atoms with Gasteiger partial charge in [0.2, 0.25) is 0 Å². The number of fused-ring (bicyclic) bond motifs is 1. The van der Waals surface area contributed by atoms with Gasteiger partial charge in [0.15, 0.2) is 0 Å². The molecule has 2 heterocycles. The lowest BCUT2D eigenvalue weighted by Crippen LogP contribution is -1.65. The molecule has 0 atom stereocenters. The van der Waals surface area contributed by atoms with Crippen LogP contribution in [0.15, 0.2) is 35.4 Å². The van der Waals surface area contributed by atoms with Crippen molar-refractivity contribution in [1.29, 1.82) is 0 Å². The third-order valence-corrected chi connectivity index (χ3v) is 1.28. The molecule has 2 nitrogen and oxygen atoms in total. The molecule has 58 valence electrons. The zero-order valence-corrected chi connectivity index (χ0v) is 6.74. The minimum atomic E-state index is 1.05. The molecule has 0 fully saturated rings. The van der Waals surface area contributed by atoms with E-state index in [9.17, 15) is 0 Å². The fourth-order valence-corrected chi connectivity index (χ4v) is 0.804. The van der Waals surface area contributed by atoms with E-state index in [0.717, 1.165) is 10.8 Å². The second-order valence-electron chi connectivity index (χ2n) is 1.88. The van der Waals surface area contributed by atoms with Crippen molar-refractivity contribution in [3.05, 3.63) is 31.0 Å².